The van der Waals surface area contributed by atoms with Crippen LogP contribution in [0.1, 0.15) is 18.9 Å². The highest BCUT2D eigenvalue weighted by Gasteiger charge is 2.25. The fourth-order valence-electron chi connectivity index (χ4n) is 2.28. The van der Waals surface area contributed by atoms with Gasteiger partial charge in [0.1, 0.15) is 0 Å². The largest absolute Gasteiger partial charge is 0.399 e. The van der Waals surface area contributed by atoms with Gasteiger partial charge in [0.15, 0.2) is 0 Å². The molecule has 3 N–H and O–H groups in total. The van der Waals surface area contributed by atoms with E-state index in [4.69, 9.17) is 5.73 Å². The smallest absolute Gasteiger partial charge is 0.0552 e. The van der Waals surface area contributed by atoms with Gasteiger partial charge in [0.2, 0.25) is 0 Å². The van der Waals surface area contributed by atoms with Crippen molar-refractivity contribution in [3.05, 3.63) is 29.8 Å². The number of aliphatic hydroxyl groups excluding tert-OH is 1. The fourth-order valence-corrected chi connectivity index (χ4v) is 2.28. The van der Waals surface area contributed by atoms with Crippen LogP contribution in [-0.4, -0.2) is 29.2 Å². The monoisotopic (exact) mass is 220 g/mol. The summed E-state index contributed by atoms with van der Waals surface area (Å²) in [7, 11) is 0. The molecule has 3 nitrogen and oxygen atoms in total. The van der Waals surface area contributed by atoms with Gasteiger partial charge in [-0.25, -0.2) is 0 Å². The standard InChI is InChI=1S/C13H20N2O/c1-10(16)12-6-7-15(9-12)8-11-2-4-13(14)5-3-11/h2-5,10,12,16H,6-9,14H2,1H3. The van der Waals surface area contributed by atoms with E-state index in [1.54, 1.807) is 0 Å². The highest BCUT2D eigenvalue weighted by atomic mass is 16.3. The average molecular weight is 220 g/mol. The van der Waals surface area contributed by atoms with Crippen LogP contribution in [0, 0.1) is 5.92 Å². The molecule has 0 aromatic heterocycles. The molecule has 0 saturated carbocycles. The Bertz CT molecular complexity index is 334. The second kappa shape index (κ2) is 4.85. The molecule has 2 unspecified atom stereocenters. The lowest BCUT2D eigenvalue weighted by atomic mass is 10.0. The molecule has 1 aromatic carbocycles. The Labute approximate surface area is 96.9 Å². The number of nitrogens with zero attached hydrogens (tertiary/aromatic N) is 1. The Balaban J connectivity index is 1.89. The van der Waals surface area contributed by atoms with Gasteiger partial charge in [0.25, 0.3) is 0 Å². The highest BCUT2D eigenvalue weighted by Crippen LogP contribution is 2.21. The molecule has 0 bridgehead atoms. The molecule has 16 heavy (non-hydrogen) atoms. The first kappa shape index (κ1) is 11.4. The van der Waals surface area contributed by atoms with Crippen molar-refractivity contribution in [2.75, 3.05) is 18.8 Å². The van der Waals surface area contributed by atoms with Gasteiger partial charge in [-0.15, -0.1) is 0 Å². The summed E-state index contributed by atoms with van der Waals surface area (Å²) < 4.78 is 0. The van der Waals surface area contributed by atoms with Crippen LogP contribution in [0.3, 0.4) is 0 Å². The Morgan fingerprint density at radius 3 is 2.69 bits per heavy atom. The molecule has 1 aliphatic heterocycles. The van der Waals surface area contributed by atoms with Crippen LogP contribution in [0.2, 0.25) is 0 Å². The van der Waals surface area contributed by atoms with Crippen molar-refractivity contribution in [2.24, 2.45) is 5.92 Å². The van der Waals surface area contributed by atoms with Gasteiger partial charge in [-0.05, 0) is 43.5 Å². The maximum absolute atomic E-state index is 9.53. The summed E-state index contributed by atoms with van der Waals surface area (Å²) in [5, 5.41) is 9.53. The van der Waals surface area contributed by atoms with Crippen molar-refractivity contribution in [1.29, 1.82) is 0 Å². The quantitative estimate of drug-likeness (QED) is 0.758. The van der Waals surface area contributed by atoms with Crippen LogP contribution in [0.25, 0.3) is 0 Å². The van der Waals surface area contributed by atoms with Gasteiger partial charge in [-0.2, -0.15) is 0 Å². The van der Waals surface area contributed by atoms with Crippen molar-refractivity contribution >= 4 is 5.69 Å². The number of hydrogen-bond acceptors (Lipinski definition) is 3. The number of rotatable bonds is 3. The number of aliphatic hydroxyl groups is 1. The predicted molar refractivity (Wildman–Crippen MR) is 65.9 cm³/mol. The molecule has 1 aliphatic rings. The minimum absolute atomic E-state index is 0.184. The second-order valence-corrected chi connectivity index (χ2v) is 4.77. The third-order valence-electron chi connectivity index (χ3n) is 3.38. The minimum Gasteiger partial charge on any atom is -0.399 e. The second-order valence-electron chi connectivity index (χ2n) is 4.77. The lowest BCUT2D eigenvalue weighted by Gasteiger charge is -2.17. The number of likely N-dealkylation sites (tertiary alicyclic amines) is 1. The summed E-state index contributed by atoms with van der Waals surface area (Å²) in [5.41, 5.74) is 7.75. The summed E-state index contributed by atoms with van der Waals surface area (Å²) in [5.74, 6) is 0.439. The molecular formula is C13H20N2O. The number of nitrogens with two attached hydrogens (primary N) is 1. The van der Waals surface area contributed by atoms with Gasteiger partial charge in [-0.1, -0.05) is 12.1 Å². The molecule has 2 atom stereocenters. The summed E-state index contributed by atoms with van der Waals surface area (Å²) in [4.78, 5) is 2.39. The van der Waals surface area contributed by atoms with Crippen LogP contribution in [-0.2, 0) is 6.54 Å². The maximum atomic E-state index is 9.53. The van der Waals surface area contributed by atoms with Crippen molar-refractivity contribution < 1.29 is 5.11 Å². The van der Waals surface area contributed by atoms with E-state index in [2.05, 4.69) is 17.0 Å². The minimum atomic E-state index is -0.184. The molecule has 3 heteroatoms. The molecule has 1 saturated heterocycles. The molecule has 1 heterocycles. The molecule has 0 amide bonds. The van der Waals surface area contributed by atoms with E-state index in [1.165, 1.54) is 5.56 Å². The van der Waals surface area contributed by atoms with Crippen molar-refractivity contribution in [1.82, 2.24) is 4.90 Å². The van der Waals surface area contributed by atoms with Gasteiger partial charge in [-0.3, -0.25) is 4.90 Å². The van der Waals surface area contributed by atoms with Crippen molar-refractivity contribution in [2.45, 2.75) is 26.0 Å². The zero-order valence-electron chi connectivity index (χ0n) is 9.76. The first-order valence-corrected chi connectivity index (χ1v) is 5.90. The van der Waals surface area contributed by atoms with Crippen LogP contribution < -0.4 is 5.73 Å². The van der Waals surface area contributed by atoms with E-state index in [9.17, 15) is 5.11 Å². The molecule has 88 valence electrons. The summed E-state index contributed by atoms with van der Waals surface area (Å²) in [6, 6.07) is 8.03. The molecule has 1 aromatic rings. The summed E-state index contributed by atoms with van der Waals surface area (Å²) in [6.45, 7) is 4.93. The summed E-state index contributed by atoms with van der Waals surface area (Å²) >= 11 is 0. The van der Waals surface area contributed by atoms with Gasteiger partial charge in [0.05, 0.1) is 6.10 Å². The average Bonchev–Trinajstić information content (AvgIpc) is 2.70. The van der Waals surface area contributed by atoms with E-state index < -0.39 is 0 Å². The van der Waals surface area contributed by atoms with E-state index in [-0.39, 0.29) is 6.10 Å². The number of hydrogen-bond donors (Lipinski definition) is 2. The Kier molecular flexibility index (Phi) is 3.46. The Morgan fingerprint density at radius 1 is 1.44 bits per heavy atom. The molecule has 0 aliphatic carbocycles. The number of benzene rings is 1. The zero-order valence-corrected chi connectivity index (χ0v) is 9.76. The number of nitrogen functional groups attached to an aromatic ring is 1. The number of anilines is 1. The van der Waals surface area contributed by atoms with Crippen LogP contribution in [0.5, 0.6) is 0 Å². The third kappa shape index (κ3) is 2.74. The third-order valence-corrected chi connectivity index (χ3v) is 3.38. The van der Waals surface area contributed by atoms with Crippen LogP contribution in [0.15, 0.2) is 24.3 Å². The van der Waals surface area contributed by atoms with E-state index in [0.717, 1.165) is 31.7 Å². The SMILES string of the molecule is CC(O)C1CCN(Cc2ccc(N)cc2)C1. The summed E-state index contributed by atoms with van der Waals surface area (Å²) in [6.07, 6.45) is 0.920. The normalized spacial score (nSPS) is 23.5. The molecule has 0 spiro atoms. The topological polar surface area (TPSA) is 49.5 Å². The highest BCUT2D eigenvalue weighted by molar-refractivity contribution is 5.39. The van der Waals surface area contributed by atoms with Crippen LogP contribution in [0.4, 0.5) is 5.69 Å². The lowest BCUT2D eigenvalue weighted by Crippen LogP contribution is -2.23. The van der Waals surface area contributed by atoms with Gasteiger partial charge >= 0.3 is 0 Å². The molecular weight excluding hydrogens is 200 g/mol. The maximum Gasteiger partial charge on any atom is 0.0552 e. The van der Waals surface area contributed by atoms with Gasteiger partial charge < -0.3 is 10.8 Å². The molecule has 2 rings (SSSR count). The fraction of sp³-hybridized carbons (Fsp3) is 0.538. The zero-order chi connectivity index (χ0) is 11.5. The van der Waals surface area contributed by atoms with E-state index >= 15 is 0 Å². The van der Waals surface area contributed by atoms with E-state index in [1.807, 2.05) is 19.1 Å². The first-order chi connectivity index (χ1) is 7.65. The molecule has 0 radical (unpaired) electrons. The van der Waals surface area contributed by atoms with Crippen LogP contribution >= 0.6 is 0 Å². The van der Waals surface area contributed by atoms with Crippen molar-refractivity contribution in [3.63, 3.8) is 0 Å². The predicted octanol–water partition coefficient (Wildman–Crippen LogP) is 1.47. The van der Waals surface area contributed by atoms with E-state index in [0.29, 0.717) is 5.92 Å². The Hall–Kier alpha value is -1.06. The molecule has 1 fully saturated rings. The van der Waals surface area contributed by atoms with Crippen molar-refractivity contribution in [3.8, 4) is 0 Å². The van der Waals surface area contributed by atoms with Gasteiger partial charge in [0, 0.05) is 18.8 Å². The Morgan fingerprint density at radius 2 is 2.12 bits per heavy atom. The first-order valence-electron chi connectivity index (χ1n) is 5.90. The lowest BCUT2D eigenvalue weighted by molar-refractivity contribution is 0.127.